The average Bonchev–Trinajstić information content (AvgIpc) is 3.31. The number of benzene rings is 1. The smallest absolute Gasteiger partial charge is 0.243 e. The first-order valence-corrected chi connectivity index (χ1v) is 25.4. The monoisotopic (exact) mass is 984 g/mol. The first-order chi connectivity index (χ1) is 33.4. The minimum absolute atomic E-state index is 0.0217. The zero-order valence-corrected chi connectivity index (χ0v) is 42.3. The van der Waals surface area contributed by atoms with E-state index in [-0.39, 0.29) is 108 Å². The maximum atomic E-state index is 14.4. The van der Waals surface area contributed by atoms with E-state index in [9.17, 15) is 43.2 Å². The fourth-order valence-electron chi connectivity index (χ4n) is 8.32. The Morgan fingerprint density at radius 2 is 1.10 bits per heavy atom. The number of Topliss-reactive ketones (excluding diaryl/α,β-unsaturated/α-hetero) is 2. The Morgan fingerprint density at radius 3 is 1.64 bits per heavy atom. The van der Waals surface area contributed by atoms with Crippen LogP contribution in [0.15, 0.2) is 30.3 Å². The van der Waals surface area contributed by atoms with Crippen molar-refractivity contribution in [2.75, 3.05) is 32.7 Å². The summed E-state index contributed by atoms with van der Waals surface area (Å²) in [7, 11) is 0. The fraction of sp³-hybridized carbons (Fsp3) is 0.700. The molecule has 394 valence electrons. The van der Waals surface area contributed by atoms with Crippen LogP contribution in [0.25, 0.3) is 0 Å². The lowest BCUT2D eigenvalue weighted by molar-refractivity contribution is -0.136. The average molecular weight is 984 g/mol. The second kappa shape index (κ2) is 33.3. The van der Waals surface area contributed by atoms with Crippen LogP contribution in [-0.4, -0.2) is 122 Å². The number of hydrogen-bond donors (Lipinski definition) is 11. The minimum Gasteiger partial charge on any atom is -0.354 e. The molecule has 0 aliphatic carbocycles. The van der Waals surface area contributed by atoms with Gasteiger partial charge in [-0.3, -0.25) is 43.2 Å². The van der Waals surface area contributed by atoms with Gasteiger partial charge in [0.1, 0.15) is 24.2 Å². The van der Waals surface area contributed by atoms with E-state index >= 15 is 0 Å². The van der Waals surface area contributed by atoms with Crippen LogP contribution < -0.4 is 60.2 Å². The van der Waals surface area contributed by atoms with Crippen molar-refractivity contribution in [1.29, 1.82) is 0 Å². The highest BCUT2D eigenvalue weighted by Gasteiger charge is 2.36. The predicted molar refractivity (Wildman–Crippen MR) is 268 cm³/mol. The van der Waals surface area contributed by atoms with Gasteiger partial charge in [-0.15, -0.1) is 0 Å². The maximum absolute atomic E-state index is 14.4. The number of amides is 7. The van der Waals surface area contributed by atoms with Gasteiger partial charge in [-0.25, -0.2) is 0 Å². The van der Waals surface area contributed by atoms with Gasteiger partial charge in [0.05, 0.1) is 12.1 Å². The minimum atomic E-state index is -1.23. The summed E-state index contributed by atoms with van der Waals surface area (Å²) in [6.45, 7) is 9.03. The van der Waals surface area contributed by atoms with Gasteiger partial charge in [-0.2, -0.15) is 0 Å². The molecule has 15 N–H and O–H groups in total. The summed E-state index contributed by atoms with van der Waals surface area (Å²) in [4.78, 5) is 126. The molecule has 0 bridgehead atoms. The molecular formula is C50H85N11O9. The molecule has 1 aromatic carbocycles. The number of unbranched alkanes of at least 4 members (excludes halogenated alkanes) is 4. The molecule has 1 aliphatic heterocycles. The molecule has 20 heteroatoms. The second-order valence-electron chi connectivity index (χ2n) is 19.3. The molecule has 0 aromatic heterocycles. The quantitative estimate of drug-likeness (QED) is 0.0657. The molecule has 2 rings (SSSR count). The Balaban J connectivity index is 2.68. The van der Waals surface area contributed by atoms with E-state index in [1.807, 2.05) is 27.7 Å². The van der Waals surface area contributed by atoms with Crippen LogP contribution in [0.4, 0.5) is 0 Å². The lowest BCUT2D eigenvalue weighted by Crippen LogP contribution is -2.59. The highest BCUT2D eigenvalue weighted by atomic mass is 16.2. The summed E-state index contributed by atoms with van der Waals surface area (Å²) >= 11 is 0. The predicted octanol–water partition coefficient (Wildman–Crippen LogP) is 0.266. The first kappa shape index (κ1) is 60.8. The van der Waals surface area contributed by atoms with E-state index < -0.39 is 102 Å². The van der Waals surface area contributed by atoms with Crippen LogP contribution in [0.1, 0.15) is 130 Å². The Morgan fingerprint density at radius 1 is 0.614 bits per heavy atom. The third-order valence-electron chi connectivity index (χ3n) is 12.2. The molecule has 70 heavy (non-hydrogen) atoms. The molecular weight excluding hydrogens is 899 g/mol. The lowest BCUT2D eigenvalue weighted by atomic mass is 9.89. The summed E-state index contributed by atoms with van der Waals surface area (Å²) in [6, 6.07) is 1.93. The highest BCUT2D eigenvalue weighted by Crippen LogP contribution is 2.19. The van der Waals surface area contributed by atoms with Crippen LogP contribution in [0.5, 0.6) is 0 Å². The van der Waals surface area contributed by atoms with Crippen molar-refractivity contribution in [3.63, 3.8) is 0 Å². The molecule has 0 spiro atoms. The normalized spacial score (nSPS) is 23.4. The molecule has 7 amide bonds. The van der Waals surface area contributed by atoms with Gasteiger partial charge in [0.2, 0.25) is 41.4 Å². The molecule has 8 atom stereocenters. The standard InChI is InChI=1S/C50H85N11O9/c1-6-7-8-9-13-16-44(64)56-41(30-54)43(63)28-34-20-24-55-47(67)39(25-31(2)3)61-49(69)38(19-23-53)58-48(68)37(18-22-52)59-50(70)40(26-32(4)5)60-46(66)35(27-33-14-11-10-12-15-33)29-42(62)36(17-21-51)57-45(34)65/h10-12,14-15,31-32,34-41H,6-9,13,16-30,51-54H2,1-5H3,(H,55,67)(H,56,64)(H,57,65)(H,58,68)(H,59,70)(H,60,66)(H,61,69)/t34-,35+,36+,37+,38+,39+,40+,41-/m1/s1. The summed E-state index contributed by atoms with van der Waals surface area (Å²) < 4.78 is 0. The van der Waals surface area contributed by atoms with E-state index in [2.05, 4.69) is 44.1 Å². The topological polar surface area (TPSA) is 342 Å². The number of rotatable bonds is 23. The van der Waals surface area contributed by atoms with E-state index in [1.165, 1.54) is 0 Å². The second-order valence-corrected chi connectivity index (χ2v) is 19.3. The molecule has 0 unspecified atom stereocenters. The van der Waals surface area contributed by atoms with Gasteiger partial charge in [-0.1, -0.05) is 90.6 Å². The Labute approximate surface area is 414 Å². The van der Waals surface area contributed by atoms with Gasteiger partial charge in [-0.05, 0) is 88.4 Å². The molecule has 20 nitrogen and oxygen atoms in total. The highest BCUT2D eigenvalue weighted by molar-refractivity contribution is 5.98. The molecule has 1 heterocycles. The Kier molecular flexibility index (Phi) is 28.9. The van der Waals surface area contributed by atoms with Crippen LogP contribution in [0.3, 0.4) is 0 Å². The molecule has 1 aromatic rings. The zero-order valence-electron chi connectivity index (χ0n) is 42.3. The van der Waals surface area contributed by atoms with E-state index in [0.29, 0.717) is 6.42 Å². The molecule has 0 saturated carbocycles. The number of carbonyl (C=O) groups is 9. The third-order valence-corrected chi connectivity index (χ3v) is 12.2. The summed E-state index contributed by atoms with van der Waals surface area (Å²) in [5.74, 6) is -7.88. The summed E-state index contributed by atoms with van der Waals surface area (Å²) in [5, 5.41) is 19.2. The summed E-state index contributed by atoms with van der Waals surface area (Å²) in [6.07, 6.45) is 4.21. The van der Waals surface area contributed by atoms with Gasteiger partial charge in [0.15, 0.2) is 11.6 Å². The number of nitrogens with two attached hydrogens (primary N) is 4. The van der Waals surface area contributed by atoms with Crippen molar-refractivity contribution < 1.29 is 43.2 Å². The zero-order chi connectivity index (χ0) is 52.2. The van der Waals surface area contributed by atoms with Gasteiger partial charge >= 0.3 is 0 Å². The number of ketones is 2. The number of nitrogens with one attached hydrogen (secondary N) is 7. The summed E-state index contributed by atoms with van der Waals surface area (Å²) in [5.41, 5.74) is 24.5. The number of carbonyl (C=O) groups excluding carboxylic acids is 9. The third kappa shape index (κ3) is 22.6. The van der Waals surface area contributed by atoms with Crippen LogP contribution in [-0.2, 0) is 49.6 Å². The van der Waals surface area contributed by atoms with Gasteiger partial charge in [0.25, 0.3) is 0 Å². The lowest BCUT2D eigenvalue weighted by Gasteiger charge is -2.28. The first-order valence-electron chi connectivity index (χ1n) is 25.4. The van der Waals surface area contributed by atoms with Crippen molar-refractivity contribution >= 4 is 52.9 Å². The van der Waals surface area contributed by atoms with E-state index in [4.69, 9.17) is 22.9 Å². The molecule has 1 fully saturated rings. The maximum Gasteiger partial charge on any atom is 0.243 e. The van der Waals surface area contributed by atoms with Crippen LogP contribution in [0.2, 0.25) is 0 Å². The van der Waals surface area contributed by atoms with Crippen molar-refractivity contribution in [2.45, 2.75) is 167 Å². The molecule has 1 saturated heterocycles. The van der Waals surface area contributed by atoms with Gasteiger partial charge < -0.3 is 60.2 Å². The van der Waals surface area contributed by atoms with Gasteiger partial charge in [0, 0.05) is 44.2 Å². The van der Waals surface area contributed by atoms with Crippen molar-refractivity contribution in [1.82, 2.24) is 37.2 Å². The van der Waals surface area contributed by atoms with Crippen LogP contribution >= 0.6 is 0 Å². The molecule has 0 radical (unpaired) electrons. The van der Waals surface area contributed by atoms with E-state index in [1.54, 1.807) is 30.3 Å². The van der Waals surface area contributed by atoms with Crippen molar-refractivity contribution in [2.24, 2.45) is 46.6 Å². The Hall–Kier alpha value is -5.31. The van der Waals surface area contributed by atoms with E-state index in [0.717, 1.165) is 31.2 Å². The molecule has 1 aliphatic rings. The van der Waals surface area contributed by atoms with Crippen LogP contribution in [0, 0.1) is 23.7 Å². The van der Waals surface area contributed by atoms with Crippen molar-refractivity contribution in [3.05, 3.63) is 35.9 Å². The largest absolute Gasteiger partial charge is 0.354 e. The number of hydrogen-bond acceptors (Lipinski definition) is 13. The Bertz CT molecular complexity index is 1830. The fourth-order valence-corrected chi connectivity index (χ4v) is 8.32. The SMILES string of the molecule is CCCCCCCC(=O)N[C@H](CN)C(=O)C[C@H]1CCNC(=O)[C@H](CC(C)C)NC(=O)[C@H](CCN)NC(=O)[C@H](CCN)NC(=O)[C@H](CC(C)C)NC(=O)[C@@H](Cc2ccccc2)CC(=O)[C@H](CCN)NC1=O. The van der Waals surface area contributed by atoms with Crippen molar-refractivity contribution in [3.8, 4) is 0 Å².